The van der Waals surface area contributed by atoms with E-state index in [2.05, 4.69) is 50.0 Å². The molecule has 0 aromatic carbocycles. The molecule has 0 spiro atoms. The molecule has 0 bridgehead atoms. The van der Waals surface area contributed by atoms with Gasteiger partial charge in [0, 0.05) is 34.4 Å². The second-order valence-electron chi connectivity index (χ2n) is 5.92. The Labute approximate surface area is 122 Å². The molecule has 0 saturated carbocycles. The van der Waals surface area contributed by atoms with Crippen LogP contribution in [-0.4, -0.2) is 30.1 Å². The SMILES string of the molecule is CCc1ccc(C(C)N(CC2CCCN2)C(C)C)s1. The molecule has 1 aliphatic rings. The maximum Gasteiger partial charge on any atom is 0.0416 e. The van der Waals surface area contributed by atoms with E-state index >= 15 is 0 Å². The van der Waals surface area contributed by atoms with Gasteiger partial charge >= 0.3 is 0 Å². The minimum Gasteiger partial charge on any atom is -0.313 e. The van der Waals surface area contributed by atoms with E-state index in [9.17, 15) is 0 Å². The highest BCUT2D eigenvalue weighted by atomic mass is 32.1. The van der Waals surface area contributed by atoms with Crippen LogP contribution in [0.25, 0.3) is 0 Å². The molecule has 1 aromatic heterocycles. The van der Waals surface area contributed by atoms with E-state index in [4.69, 9.17) is 0 Å². The third kappa shape index (κ3) is 3.80. The molecule has 2 nitrogen and oxygen atoms in total. The molecule has 0 radical (unpaired) electrons. The van der Waals surface area contributed by atoms with E-state index < -0.39 is 0 Å². The van der Waals surface area contributed by atoms with Crippen molar-refractivity contribution in [1.29, 1.82) is 0 Å². The molecule has 1 aliphatic heterocycles. The first-order valence-corrected chi connectivity index (χ1v) is 8.51. The van der Waals surface area contributed by atoms with Gasteiger partial charge in [0.25, 0.3) is 0 Å². The van der Waals surface area contributed by atoms with Crippen LogP contribution in [0.15, 0.2) is 12.1 Å². The molecule has 108 valence electrons. The van der Waals surface area contributed by atoms with Gasteiger partial charge in [-0.15, -0.1) is 11.3 Å². The monoisotopic (exact) mass is 280 g/mol. The number of hydrogen-bond acceptors (Lipinski definition) is 3. The molecule has 1 fully saturated rings. The molecular weight excluding hydrogens is 252 g/mol. The smallest absolute Gasteiger partial charge is 0.0416 e. The summed E-state index contributed by atoms with van der Waals surface area (Å²) in [5, 5.41) is 3.63. The number of nitrogens with one attached hydrogen (secondary N) is 1. The Morgan fingerprint density at radius 2 is 2.16 bits per heavy atom. The zero-order chi connectivity index (χ0) is 13.8. The van der Waals surface area contributed by atoms with Crippen molar-refractivity contribution >= 4 is 11.3 Å². The minimum absolute atomic E-state index is 0.535. The number of nitrogens with zero attached hydrogens (tertiary/aromatic N) is 1. The molecule has 2 rings (SSSR count). The predicted molar refractivity (Wildman–Crippen MR) is 85.0 cm³/mol. The second-order valence-corrected chi connectivity index (χ2v) is 7.12. The highest BCUT2D eigenvalue weighted by molar-refractivity contribution is 7.12. The van der Waals surface area contributed by atoms with Crippen LogP contribution in [0.2, 0.25) is 0 Å². The molecule has 0 amide bonds. The average Bonchev–Trinajstić information content (AvgIpc) is 3.05. The van der Waals surface area contributed by atoms with Crippen molar-refractivity contribution in [2.45, 2.75) is 65.1 Å². The van der Waals surface area contributed by atoms with Crippen molar-refractivity contribution in [2.75, 3.05) is 13.1 Å². The van der Waals surface area contributed by atoms with Crippen molar-refractivity contribution in [3.63, 3.8) is 0 Å². The molecule has 1 aromatic rings. The summed E-state index contributed by atoms with van der Waals surface area (Å²) in [6.45, 7) is 11.6. The van der Waals surface area contributed by atoms with Gasteiger partial charge in [0.2, 0.25) is 0 Å². The zero-order valence-electron chi connectivity index (χ0n) is 12.8. The van der Waals surface area contributed by atoms with Gasteiger partial charge < -0.3 is 5.32 Å². The van der Waals surface area contributed by atoms with Crippen LogP contribution in [0.1, 0.15) is 56.3 Å². The maximum atomic E-state index is 3.63. The highest BCUT2D eigenvalue weighted by Crippen LogP contribution is 2.29. The Balaban J connectivity index is 2.04. The molecule has 1 saturated heterocycles. The van der Waals surface area contributed by atoms with E-state index in [-0.39, 0.29) is 0 Å². The molecule has 3 heteroatoms. The highest BCUT2D eigenvalue weighted by Gasteiger charge is 2.24. The Morgan fingerprint density at radius 1 is 1.37 bits per heavy atom. The quantitative estimate of drug-likeness (QED) is 0.852. The summed E-state index contributed by atoms with van der Waals surface area (Å²) in [5.41, 5.74) is 0. The summed E-state index contributed by atoms with van der Waals surface area (Å²) in [5.74, 6) is 0. The van der Waals surface area contributed by atoms with Crippen LogP contribution in [0.4, 0.5) is 0 Å². The molecule has 0 aliphatic carbocycles. The summed E-state index contributed by atoms with van der Waals surface area (Å²) in [6.07, 6.45) is 3.83. The Bertz CT molecular complexity index is 380. The summed E-state index contributed by atoms with van der Waals surface area (Å²) >= 11 is 1.98. The van der Waals surface area contributed by atoms with Crippen LogP contribution in [0.5, 0.6) is 0 Å². The molecular formula is C16H28N2S. The topological polar surface area (TPSA) is 15.3 Å². The zero-order valence-corrected chi connectivity index (χ0v) is 13.6. The summed E-state index contributed by atoms with van der Waals surface area (Å²) < 4.78 is 0. The lowest BCUT2D eigenvalue weighted by atomic mass is 10.1. The predicted octanol–water partition coefficient (Wildman–Crippen LogP) is 3.83. The van der Waals surface area contributed by atoms with Gasteiger partial charge in [0.05, 0.1) is 0 Å². The van der Waals surface area contributed by atoms with Gasteiger partial charge in [-0.05, 0) is 58.7 Å². The molecule has 1 N–H and O–H groups in total. The first-order valence-electron chi connectivity index (χ1n) is 7.69. The van der Waals surface area contributed by atoms with Crippen LogP contribution in [0, 0.1) is 0 Å². The normalized spacial score (nSPS) is 21.5. The summed E-state index contributed by atoms with van der Waals surface area (Å²) in [6, 6.07) is 6.45. The second kappa shape index (κ2) is 6.87. The van der Waals surface area contributed by atoms with Crippen LogP contribution in [-0.2, 0) is 6.42 Å². The lowest BCUT2D eigenvalue weighted by molar-refractivity contribution is 0.152. The number of thiophene rings is 1. The number of rotatable bonds is 6. The van der Waals surface area contributed by atoms with Gasteiger partial charge in [0.15, 0.2) is 0 Å². The third-order valence-corrected chi connectivity index (χ3v) is 5.60. The van der Waals surface area contributed by atoms with Crippen molar-refractivity contribution in [3.8, 4) is 0 Å². The number of aryl methyl sites for hydroxylation is 1. The van der Waals surface area contributed by atoms with E-state index in [1.807, 2.05) is 11.3 Å². The standard InChI is InChI=1S/C16H28N2S/c1-5-15-8-9-16(19-15)13(4)18(12(2)3)11-14-7-6-10-17-14/h8-9,12-14,17H,5-7,10-11H2,1-4H3. The van der Waals surface area contributed by atoms with E-state index in [1.165, 1.54) is 35.7 Å². The van der Waals surface area contributed by atoms with Crippen LogP contribution >= 0.6 is 11.3 Å². The summed E-state index contributed by atoms with van der Waals surface area (Å²) in [7, 11) is 0. The van der Waals surface area contributed by atoms with E-state index in [0.717, 1.165) is 6.42 Å². The fourth-order valence-corrected chi connectivity index (χ4v) is 3.98. The lowest BCUT2D eigenvalue weighted by Gasteiger charge is -2.34. The fourth-order valence-electron chi connectivity index (χ4n) is 2.96. The molecule has 19 heavy (non-hydrogen) atoms. The van der Waals surface area contributed by atoms with Crippen LogP contribution < -0.4 is 5.32 Å². The largest absolute Gasteiger partial charge is 0.313 e. The van der Waals surface area contributed by atoms with Crippen molar-refractivity contribution in [2.24, 2.45) is 0 Å². The Morgan fingerprint density at radius 3 is 2.68 bits per heavy atom. The Hall–Kier alpha value is -0.380. The average molecular weight is 280 g/mol. The van der Waals surface area contributed by atoms with Gasteiger partial charge in [-0.1, -0.05) is 6.92 Å². The maximum absolute atomic E-state index is 3.63. The van der Waals surface area contributed by atoms with Crippen molar-refractivity contribution in [3.05, 3.63) is 21.9 Å². The van der Waals surface area contributed by atoms with Gasteiger partial charge in [-0.3, -0.25) is 4.90 Å². The first kappa shape index (κ1) is 15.0. The van der Waals surface area contributed by atoms with Crippen molar-refractivity contribution < 1.29 is 0 Å². The van der Waals surface area contributed by atoms with Gasteiger partial charge in [-0.2, -0.15) is 0 Å². The van der Waals surface area contributed by atoms with Gasteiger partial charge in [0.1, 0.15) is 0 Å². The van der Waals surface area contributed by atoms with Crippen LogP contribution in [0.3, 0.4) is 0 Å². The summed E-state index contributed by atoms with van der Waals surface area (Å²) in [4.78, 5) is 5.67. The van der Waals surface area contributed by atoms with Gasteiger partial charge in [-0.25, -0.2) is 0 Å². The minimum atomic E-state index is 0.535. The number of hydrogen-bond donors (Lipinski definition) is 1. The molecule has 2 heterocycles. The lowest BCUT2D eigenvalue weighted by Crippen LogP contribution is -2.42. The third-order valence-electron chi connectivity index (χ3n) is 4.20. The van der Waals surface area contributed by atoms with E-state index in [0.29, 0.717) is 18.1 Å². The Kier molecular flexibility index (Phi) is 5.43. The molecule has 2 unspecified atom stereocenters. The molecule has 2 atom stereocenters. The first-order chi connectivity index (χ1) is 9.11. The van der Waals surface area contributed by atoms with Crippen molar-refractivity contribution in [1.82, 2.24) is 10.2 Å². The van der Waals surface area contributed by atoms with E-state index in [1.54, 1.807) is 0 Å². The fraction of sp³-hybridized carbons (Fsp3) is 0.750.